The van der Waals surface area contributed by atoms with Crippen LogP contribution in [0.1, 0.15) is 31.2 Å². The van der Waals surface area contributed by atoms with Crippen LogP contribution in [0.2, 0.25) is 0 Å². The third-order valence-electron chi connectivity index (χ3n) is 4.63. The molecule has 2 atom stereocenters. The molecule has 2 amide bonds. The molecule has 1 saturated heterocycles. The summed E-state index contributed by atoms with van der Waals surface area (Å²) in [4.78, 5) is 30.7. The highest BCUT2D eigenvalue weighted by molar-refractivity contribution is 5.90. The van der Waals surface area contributed by atoms with Crippen molar-refractivity contribution in [2.75, 3.05) is 19.6 Å². The fraction of sp³-hybridized carbons (Fsp3) is 0.526. The molecule has 1 fully saturated rings. The number of carbonyl (C=O) groups is 2. The van der Waals surface area contributed by atoms with Crippen LogP contribution in [-0.2, 0) is 16.0 Å². The zero-order valence-electron chi connectivity index (χ0n) is 15.6. The Balaban J connectivity index is 1.79. The molecule has 1 aliphatic heterocycles. The van der Waals surface area contributed by atoms with Gasteiger partial charge in [0.25, 0.3) is 0 Å². The van der Waals surface area contributed by atoms with Gasteiger partial charge in [0, 0.05) is 19.6 Å². The molecule has 8 nitrogen and oxygen atoms in total. The molecule has 148 valence electrons. The van der Waals surface area contributed by atoms with Gasteiger partial charge in [0.05, 0.1) is 6.04 Å². The van der Waals surface area contributed by atoms with E-state index in [2.05, 4.69) is 10.3 Å². The van der Waals surface area contributed by atoms with Gasteiger partial charge in [-0.1, -0.05) is 30.3 Å². The molecule has 0 aliphatic carbocycles. The summed E-state index contributed by atoms with van der Waals surface area (Å²) in [5, 5.41) is 2.90. The summed E-state index contributed by atoms with van der Waals surface area (Å²) in [7, 11) is 0. The van der Waals surface area contributed by atoms with Gasteiger partial charge in [0.15, 0.2) is 5.96 Å². The first-order valence-electron chi connectivity index (χ1n) is 9.42. The van der Waals surface area contributed by atoms with Gasteiger partial charge in [0.1, 0.15) is 6.04 Å². The zero-order valence-corrected chi connectivity index (χ0v) is 15.6. The number of aliphatic imine (C=N–C) groups is 1. The van der Waals surface area contributed by atoms with Gasteiger partial charge >= 0.3 is 0 Å². The molecular weight excluding hydrogens is 344 g/mol. The fourth-order valence-corrected chi connectivity index (χ4v) is 3.25. The van der Waals surface area contributed by atoms with Crippen LogP contribution in [0, 0.1) is 0 Å². The highest BCUT2D eigenvalue weighted by Crippen LogP contribution is 2.19. The van der Waals surface area contributed by atoms with Crippen molar-refractivity contribution in [2.45, 2.75) is 44.2 Å². The lowest BCUT2D eigenvalue weighted by molar-refractivity contribution is -0.139. The molecule has 2 rings (SSSR count). The van der Waals surface area contributed by atoms with Crippen LogP contribution in [0.4, 0.5) is 0 Å². The van der Waals surface area contributed by atoms with E-state index in [1.807, 2.05) is 30.3 Å². The van der Waals surface area contributed by atoms with Crippen LogP contribution < -0.4 is 22.5 Å². The van der Waals surface area contributed by atoms with Crippen LogP contribution in [-0.4, -0.2) is 54.4 Å². The summed E-state index contributed by atoms with van der Waals surface area (Å²) in [5.74, 6) is -0.204. The summed E-state index contributed by atoms with van der Waals surface area (Å²) in [6, 6.07) is 8.59. The number of unbranched alkanes of at least 4 members (excludes halogenated alkanes) is 1. The number of rotatable bonds is 9. The molecule has 1 aliphatic rings. The Kier molecular flexibility index (Phi) is 8.06. The Labute approximate surface area is 160 Å². The van der Waals surface area contributed by atoms with E-state index < -0.39 is 12.1 Å². The van der Waals surface area contributed by atoms with E-state index in [4.69, 9.17) is 17.2 Å². The quantitative estimate of drug-likeness (QED) is 0.267. The van der Waals surface area contributed by atoms with Gasteiger partial charge in [-0.3, -0.25) is 14.6 Å². The monoisotopic (exact) mass is 374 g/mol. The predicted molar refractivity (Wildman–Crippen MR) is 106 cm³/mol. The van der Waals surface area contributed by atoms with E-state index in [9.17, 15) is 9.59 Å². The van der Waals surface area contributed by atoms with E-state index in [1.54, 1.807) is 4.90 Å². The number of hydrogen-bond donors (Lipinski definition) is 4. The molecule has 0 spiro atoms. The molecule has 0 radical (unpaired) electrons. The minimum Gasteiger partial charge on any atom is -0.370 e. The van der Waals surface area contributed by atoms with Gasteiger partial charge < -0.3 is 27.4 Å². The Morgan fingerprint density at radius 3 is 2.67 bits per heavy atom. The molecule has 0 saturated carbocycles. The minimum atomic E-state index is -0.639. The third-order valence-corrected chi connectivity index (χ3v) is 4.63. The van der Waals surface area contributed by atoms with Crippen molar-refractivity contribution in [1.82, 2.24) is 10.2 Å². The Hall–Kier alpha value is -2.61. The normalized spacial score (nSPS) is 17.4. The van der Waals surface area contributed by atoms with Gasteiger partial charge in [0.2, 0.25) is 11.8 Å². The van der Waals surface area contributed by atoms with Crippen molar-refractivity contribution in [1.29, 1.82) is 0 Å². The maximum absolute atomic E-state index is 12.7. The first-order chi connectivity index (χ1) is 13.0. The Morgan fingerprint density at radius 1 is 1.22 bits per heavy atom. The minimum absolute atomic E-state index is 0.0750. The molecule has 0 bridgehead atoms. The summed E-state index contributed by atoms with van der Waals surface area (Å²) < 4.78 is 0. The van der Waals surface area contributed by atoms with Gasteiger partial charge in [-0.2, -0.15) is 0 Å². The highest BCUT2D eigenvalue weighted by atomic mass is 16.2. The van der Waals surface area contributed by atoms with Crippen molar-refractivity contribution in [3.63, 3.8) is 0 Å². The van der Waals surface area contributed by atoms with Crippen LogP contribution in [0.3, 0.4) is 0 Å². The van der Waals surface area contributed by atoms with Gasteiger partial charge in [-0.25, -0.2) is 0 Å². The number of carbonyl (C=O) groups excluding carboxylic acids is 2. The largest absolute Gasteiger partial charge is 0.370 e. The van der Waals surface area contributed by atoms with Gasteiger partial charge in [-0.05, 0) is 37.7 Å². The first kappa shape index (κ1) is 20.7. The average Bonchev–Trinajstić information content (AvgIpc) is 3.14. The van der Waals surface area contributed by atoms with E-state index in [-0.39, 0.29) is 17.8 Å². The molecule has 0 unspecified atom stereocenters. The molecule has 1 aromatic rings. The number of nitrogens with zero attached hydrogens (tertiary/aromatic N) is 2. The molecule has 1 heterocycles. The van der Waals surface area contributed by atoms with Crippen molar-refractivity contribution in [3.8, 4) is 0 Å². The molecule has 27 heavy (non-hydrogen) atoms. The smallest absolute Gasteiger partial charge is 0.242 e. The van der Waals surface area contributed by atoms with Crippen molar-refractivity contribution in [3.05, 3.63) is 35.9 Å². The first-order valence-corrected chi connectivity index (χ1v) is 9.42. The van der Waals surface area contributed by atoms with Crippen LogP contribution >= 0.6 is 0 Å². The number of benzene rings is 1. The van der Waals surface area contributed by atoms with E-state index in [0.29, 0.717) is 32.5 Å². The van der Waals surface area contributed by atoms with Gasteiger partial charge in [-0.15, -0.1) is 0 Å². The number of hydrogen-bond acceptors (Lipinski definition) is 4. The summed E-state index contributed by atoms with van der Waals surface area (Å²) in [6.45, 7) is 1.65. The summed E-state index contributed by atoms with van der Waals surface area (Å²) in [5.41, 5.74) is 17.7. The Bertz CT molecular complexity index is 645. The number of nitrogens with two attached hydrogens (primary N) is 3. The number of likely N-dealkylation sites (tertiary alicyclic amines) is 1. The van der Waals surface area contributed by atoms with Crippen molar-refractivity contribution < 1.29 is 9.59 Å². The topological polar surface area (TPSA) is 140 Å². The third kappa shape index (κ3) is 6.56. The van der Waals surface area contributed by atoms with Crippen LogP contribution in [0.25, 0.3) is 0 Å². The molecule has 7 N–H and O–H groups in total. The van der Waals surface area contributed by atoms with Crippen molar-refractivity contribution >= 4 is 17.8 Å². The maximum Gasteiger partial charge on any atom is 0.242 e. The fourth-order valence-electron chi connectivity index (χ4n) is 3.25. The highest BCUT2D eigenvalue weighted by Gasteiger charge is 2.35. The molecule has 8 heteroatoms. The predicted octanol–water partition coefficient (Wildman–Crippen LogP) is -0.283. The lowest BCUT2D eigenvalue weighted by Gasteiger charge is -2.26. The van der Waals surface area contributed by atoms with Crippen LogP contribution in [0.5, 0.6) is 0 Å². The zero-order chi connectivity index (χ0) is 19.6. The average molecular weight is 374 g/mol. The lowest BCUT2D eigenvalue weighted by Crippen LogP contribution is -2.51. The van der Waals surface area contributed by atoms with Crippen molar-refractivity contribution in [2.24, 2.45) is 22.2 Å². The second kappa shape index (κ2) is 10.5. The van der Waals surface area contributed by atoms with E-state index >= 15 is 0 Å². The lowest BCUT2D eigenvalue weighted by atomic mass is 10.1. The summed E-state index contributed by atoms with van der Waals surface area (Å²) >= 11 is 0. The molecule has 0 aromatic heterocycles. The van der Waals surface area contributed by atoms with E-state index in [0.717, 1.165) is 24.8 Å². The standard InChI is InChI=1S/C19H30N6O2/c20-15(13-14-7-2-1-3-8-14)18(27)25-12-6-9-16(25)17(26)23-10-4-5-11-24-19(21)22/h1-3,7-8,15-16H,4-6,9-13,20H2,(H,23,26)(H4,21,22,24)/t15-,16-/m0/s1. The second-order valence-corrected chi connectivity index (χ2v) is 6.79. The summed E-state index contributed by atoms with van der Waals surface area (Å²) in [6.07, 6.45) is 3.51. The Morgan fingerprint density at radius 2 is 1.96 bits per heavy atom. The molecular formula is C19H30N6O2. The SMILES string of the molecule is NC(N)=NCCCCNC(=O)[C@@H]1CCCN1C(=O)[C@@H](N)Cc1ccccc1. The maximum atomic E-state index is 12.7. The molecule has 1 aromatic carbocycles. The second-order valence-electron chi connectivity index (χ2n) is 6.79. The van der Waals surface area contributed by atoms with Crippen LogP contribution in [0.15, 0.2) is 35.3 Å². The van der Waals surface area contributed by atoms with E-state index in [1.165, 1.54) is 0 Å². The number of amides is 2. The number of guanidine groups is 1. The number of nitrogens with one attached hydrogen (secondary N) is 1.